The summed E-state index contributed by atoms with van der Waals surface area (Å²) in [7, 11) is 0. The molecule has 1 aromatic heterocycles. The van der Waals surface area contributed by atoms with E-state index in [2.05, 4.69) is 6.07 Å². The number of rotatable bonds is 4. The lowest BCUT2D eigenvalue weighted by molar-refractivity contribution is -0.119. The van der Waals surface area contributed by atoms with Crippen LogP contribution < -0.4 is 10.3 Å². The van der Waals surface area contributed by atoms with Crippen LogP contribution in [0.1, 0.15) is 19.4 Å². The van der Waals surface area contributed by atoms with Crippen molar-refractivity contribution in [2.24, 2.45) is 0 Å². The van der Waals surface area contributed by atoms with Gasteiger partial charge in [0.1, 0.15) is 6.54 Å². The minimum Gasteiger partial charge on any atom is -0.331 e. The number of aromatic nitrogens is 1. The molecular weight excluding hydrogens is 374 g/mol. The summed E-state index contributed by atoms with van der Waals surface area (Å²) in [5.41, 5.74) is 2.61. The number of amides is 1. The van der Waals surface area contributed by atoms with Gasteiger partial charge in [-0.15, -0.1) is 0 Å². The van der Waals surface area contributed by atoms with Gasteiger partial charge in [-0.05, 0) is 56.3 Å². The predicted octanol–water partition coefficient (Wildman–Crippen LogP) is 4.47. The summed E-state index contributed by atoms with van der Waals surface area (Å²) in [6.45, 7) is 3.97. The first-order valence-electron chi connectivity index (χ1n) is 9.84. The van der Waals surface area contributed by atoms with E-state index in [9.17, 15) is 14.9 Å². The highest BCUT2D eigenvalue weighted by molar-refractivity contribution is 5.98. The van der Waals surface area contributed by atoms with Crippen molar-refractivity contribution in [3.8, 4) is 6.07 Å². The molecule has 0 bridgehead atoms. The zero-order valence-electron chi connectivity index (χ0n) is 16.9. The number of nitriles is 1. The van der Waals surface area contributed by atoms with Gasteiger partial charge in [-0.3, -0.25) is 9.59 Å². The summed E-state index contributed by atoms with van der Waals surface area (Å²) < 4.78 is 1.90. The van der Waals surface area contributed by atoms with Gasteiger partial charge in [0, 0.05) is 22.5 Å². The van der Waals surface area contributed by atoms with E-state index in [1.807, 2.05) is 60.9 Å². The maximum atomic E-state index is 13.5. The second-order valence-corrected chi connectivity index (χ2v) is 7.47. The Hall–Kier alpha value is -3.91. The van der Waals surface area contributed by atoms with Crippen LogP contribution >= 0.6 is 0 Å². The third-order valence-electron chi connectivity index (χ3n) is 5.21. The Kier molecular flexibility index (Phi) is 5.07. The molecule has 0 saturated carbocycles. The van der Waals surface area contributed by atoms with Crippen LogP contribution in [0.3, 0.4) is 0 Å². The van der Waals surface area contributed by atoms with E-state index >= 15 is 0 Å². The lowest BCUT2D eigenvalue weighted by atomic mass is 10.1. The van der Waals surface area contributed by atoms with Crippen molar-refractivity contribution in [2.75, 3.05) is 4.90 Å². The van der Waals surface area contributed by atoms with Crippen molar-refractivity contribution in [3.63, 3.8) is 0 Å². The minimum absolute atomic E-state index is 0.0349. The molecule has 0 unspecified atom stereocenters. The number of hydrogen-bond acceptors (Lipinski definition) is 3. The van der Waals surface area contributed by atoms with E-state index < -0.39 is 0 Å². The van der Waals surface area contributed by atoms with Gasteiger partial charge in [0.25, 0.3) is 0 Å². The van der Waals surface area contributed by atoms with E-state index in [0.29, 0.717) is 22.0 Å². The molecule has 5 nitrogen and oxygen atoms in total. The zero-order valence-corrected chi connectivity index (χ0v) is 16.9. The van der Waals surface area contributed by atoms with Gasteiger partial charge >= 0.3 is 0 Å². The zero-order chi connectivity index (χ0) is 21.3. The number of benzene rings is 3. The molecule has 0 aliphatic rings. The van der Waals surface area contributed by atoms with E-state index in [1.165, 1.54) is 0 Å². The molecule has 4 rings (SSSR count). The predicted molar refractivity (Wildman–Crippen MR) is 119 cm³/mol. The molecule has 1 amide bonds. The van der Waals surface area contributed by atoms with Crippen LogP contribution in [0.25, 0.3) is 21.8 Å². The number of fused-ring (bicyclic) bond motifs is 2. The fraction of sp³-hybridized carbons (Fsp3) is 0.160. The lowest BCUT2D eigenvalue weighted by Gasteiger charge is -2.28. The molecule has 4 aromatic rings. The molecule has 5 heteroatoms. The van der Waals surface area contributed by atoms with Crippen molar-refractivity contribution in [3.05, 3.63) is 88.6 Å². The normalized spacial score (nSPS) is 11.0. The second kappa shape index (κ2) is 7.84. The van der Waals surface area contributed by atoms with Crippen molar-refractivity contribution in [1.82, 2.24) is 4.57 Å². The summed E-state index contributed by atoms with van der Waals surface area (Å²) >= 11 is 0. The summed E-state index contributed by atoms with van der Waals surface area (Å²) in [6, 6.07) is 23.8. The Balaban J connectivity index is 1.86. The third kappa shape index (κ3) is 3.33. The third-order valence-corrected chi connectivity index (χ3v) is 5.21. The Morgan fingerprint density at radius 3 is 2.13 bits per heavy atom. The number of pyridine rings is 1. The number of para-hydroxylation sites is 2. The van der Waals surface area contributed by atoms with E-state index in [1.54, 1.807) is 35.2 Å². The largest absolute Gasteiger partial charge is 0.331 e. The summed E-state index contributed by atoms with van der Waals surface area (Å²) in [5.74, 6) is -0.112. The number of carbonyl (C=O) groups excluding carboxylic acids is 1. The van der Waals surface area contributed by atoms with Crippen molar-refractivity contribution in [2.45, 2.75) is 26.4 Å². The van der Waals surface area contributed by atoms with E-state index in [4.69, 9.17) is 0 Å². The molecule has 0 aliphatic carbocycles. The average molecular weight is 395 g/mol. The molecule has 148 valence electrons. The van der Waals surface area contributed by atoms with E-state index in [0.717, 1.165) is 11.0 Å². The van der Waals surface area contributed by atoms with E-state index in [-0.39, 0.29) is 23.9 Å². The van der Waals surface area contributed by atoms with Gasteiger partial charge in [-0.25, -0.2) is 0 Å². The molecular formula is C25H21N3O2. The molecule has 0 spiro atoms. The maximum absolute atomic E-state index is 13.5. The number of carbonyl (C=O) groups is 1. The van der Waals surface area contributed by atoms with Gasteiger partial charge < -0.3 is 9.47 Å². The Bertz CT molecular complexity index is 1300. The van der Waals surface area contributed by atoms with Gasteiger partial charge in [-0.1, -0.05) is 30.3 Å². The van der Waals surface area contributed by atoms with Crippen LogP contribution in [0, 0.1) is 11.3 Å². The smallest absolute Gasteiger partial charge is 0.247 e. The Morgan fingerprint density at radius 2 is 1.57 bits per heavy atom. The molecule has 0 saturated heterocycles. The monoisotopic (exact) mass is 395 g/mol. The molecule has 30 heavy (non-hydrogen) atoms. The highest BCUT2D eigenvalue weighted by Gasteiger charge is 2.21. The molecule has 0 aliphatic heterocycles. The summed E-state index contributed by atoms with van der Waals surface area (Å²) in [5, 5.41) is 10.4. The maximum Gasteiger partial charge on any atom is 0.247 e. The Morgan fingerprint density at radius 1 is 0.967 bits per heavy atom. The van der Waals surface area contributed by atoms with Gasteiger partial charge in [0.2, 0.25) is 5.91 Å². The van der Waals surface area contributed by atoms with Crippen LogP contribution in [0.5, 0.6) is 0 Å². The second-order valence-electron chi connectivity index (χ2n) is 7.47. The van der Waals surface area contributed by atoms with Crippen molar-refractivity contribution >= 4 is 33.4 Å². The Labute approximate surface area is 174 Å². The van der Waals surface area contributed by atoms with Crippen LogP contribution in [-0.2, 0) is 11.3 Å². The quantitative estimate of drug-likeness (QED) is 0.479. The number of hydrogen-bond donors (Lipinski definition) is 0. The topological polar surface area (TPSA) is 66.1 Å². The van der Waals surface area contributed by atoms with Crippen LogP contribution in [0.2, 0.25) is 0 Å². The molecule has 0 radical (unpaired) electrons. The van der Waals surface area contributed by atoms with Crippen molar-refractivity contribution < 1.29 is 4.79 Å². The molecule has 0 fully saturated rings. The fourth-order valence-electron chi connectivity index (χ4n) is 3.91. The first kappa shape index (κ1) is 19.4. The van der Waals surface area contributed by atoms with Crippen LogP contribution in [-0.4, -0.2) is 16.5 Å². The van der Waals surface area contributed by atoms with Gasteiger partial charge in [0.05, 0.1) is 22.7 Å². The number of nitrogens with zero attached hydrogens (tertiary/aromatic N) is 3. The average Bonchev–Trinajstić information content (AvgIpc) is 2.76. The van der Waals surface area contributed by atoms with Gasteiger partial charge in [0.15, 0.2) is 5.43 Å². The molecule has 0 atom stereocenters. The van der Waals surface area contributed by atoms with Crippen LogP contribution in [0.4, 0.5) is 5.69 Å². The standard InChI is InChI=1S/C25H21N3O2/c1-17(2)28(19-9-7-8-18(14-19)15-26)24(29)16-27-22-12-5-3-10-20(22)25(30)21-11-4-6-13-23(21)27/h3-14,17H,16H2,1-2H3. The SMILES string of the molecule is CC(C)N(C(=O)Cn1c2ccccc2c(=O)c2ccccc21)c1cccc(C#N)c1. The highest BCUT2D eigenvalue weighted by Crippen LogP contribution is 2.23. The van der Waals surface area contributed by atoms with Gasteiger partial charge in [-0.2, -0.15) is 5.26 Å². The van der Waals surface area contributed by atoms with Crippen LogP contribution in [0.15, 0.2) is 77.6 Å². The minimum atomic E-state index is -0.112. The highest BCUT2D eigenvalue weighted by atomic mass is 16.2. The molecule has 1 heterocycles. The van der Waals surface area contributed by atoms with Crippen molar-refractivity contribution in [1.29, 1.82) is 5.26 Å². The summed E-state index contributed by atoms with van der Waals surface area (Å²) in [6.07, 6.45) is 0. The fourth-order valence-corrected chi connectivity index (χ4v) is 3.91. The first-order chi connectivity index (χ1) is 14.5. The lowest BCUT2D eigenvalue weighted by Crippen LogP contribution is -2.39. The number of anilines is 1. The molecule has 3 aromatic carbocycles. The first-order valence-corrected chi connectivity index (χ1v) is 9.84. The summed E-state index contributed by atoms with van der Waals surface area (Å²) in [4.78, 5) is 28.1. The molecule has 0 N–H and O–H groups in total.